The normalized spacial score (nSPS) is 16.8. The minimum atomic E-state index is -3.17. The quantitative estimate of drug-likeness (QED) is 0.474. The van der Waals surface area contributed by atoms with E-state index in [1.54, 1.807) is 24.3 Å². The summed E-state index contributed by atoms with van der Waals surface area (Å²) in [4.78, 5) is 7.25. The van der Waals surface area contributed by atoms with Crippen LogP contribution in [0.15, 0.2) is 34.2 Å². The van der Waals surface area contributed by atoms with E-state index in [4.69, 9.17) is 4.74 Å². The Bertz CT molecular complexity index is 663. The molecule has 0 saturated carbocycles. The Labute approximate surface area is 151 Å². The Balaban J connectivity index is 1.85. The minimum absolute atomic E-state index is 0.298. The van der Waals surface area contributed by atoms with Gasteiger partial charge in [0.05, 0.1) is 11.4 Å². The second kappa shape index (κ2) is 9.08. The fourth-order valence-corrected chi connectivity index (χ4v) is 3.37. The number of hydrogen-bond acceptors (Lipinski definition) is 4. The summed E-state index contributed by atoms with van der Waals surface area (Å²) >= 11 is 0. The molecule has 6 nitrogen and oxygen atoms in total. The van der Waals surface area contributed by atoms with Crippen molar-refractivity contribution >= 4 is 15.8 Å². The molecule has 1 aliphatic heterocycles. The average Bonchev–Trinajstić information content (AvgIpc) is 2.58. The summed E-state index contributed by atoms with van der Waals surface area (Å²) < 4.78 is 28.5. The van der Waals surface area contributed by atoms with Crippen LogP contribution >= 0.6 is 0 Å². The summed E-state index contributed by atoms with van der Waals surface area (Å²) in [6.07, 6.45) is 3.60. The van der Waals surface area contributed by atoms with Gasteiger partial charge in [0.2, 0.25) is 0 Å². The number of ether oxygens (including phenoxy) is 1. The molecule has 0 radical (unpaired) electrons. The highest BCUT2D eigenvalue weighted by atomic mass is 32.2. The van der Waals surface area contributed by atoms with Crippen LogP contribution in [0.1, 0.15) is 26.7 Å². The maximum Gasteiger partial charge on any atom is 0.194 e. The van der Waals surface area contributed by atoms with E-state index < -0.39 is 9.84 Å². The van der Waals surface area contributed by atoms with E-state index in [1.807, 2.05) is 0 Å². The Morgan fingerprint density at radius 3 is 2.48 bits per heavy atom. The van der Waals surface area contributed by atoms with Gasteiger partial charge in [0.1, 0.15) is 12.4 Å². The molecule has 0 amide bonds. The molecule has 0 aliphatic carbocycles. The van der Waals surface area contributed by atoms with Crippen LogP contribution in [0.25, 0.3) is 0 Å². The zero-order valence-electron chi connectivity index (χ0n) is 15.4. The maximum absolute atomic E-state index is 11.4. The van der Waals surface area contributed by atoms with E-state index in [1.165, 1.54) is 19.1 Å². The third-order valence-corrected chi connectivity index (χ3v) is 5.42. The van der Waals surface area contributed by atoms with Gasteiger partial charge in [-0.1, -0.05) is 6.92 Å². The van der Waals surface area contributed by atoms with E-state index in [2.05, 4.69) is 29.1 Å². The maximum atomic E-state index is 11.4. The molecule has 2 rings (SSSR count). The van der Waals surface area contributed by atoms with Crippen molar-refractivity contribution in [2.45, 2.75) is 31.6 Å². The fraction of sp³-hybridized carbons (Fsp3) is 0.611. The Hall–Kier alpha value is -1.76. The van der Waals surface area contributed by atoms with E-state index >= 15 is 0 Å². The van der Waals surface area contributed by atoms with Crippen molar-refractivity contribution in [3.63, 3.8) is 0 Å². The van der Waals surface area contributed by atoms with Crippen LogP contribution in [-0.4, -0.2) is 58.3 Å². The average molecular weight is 368 g/mol. The zero-order valence-corrected chi connectivity index (χ0v) is 16.2. The van der Waals surface area contributed by atoms with Crippen LogP contribution in [0.2, 0.25) is 0 Å². The number of sulfone groups is 1. The van der Waals surface area contributed by atoms with Crippen LogP contribution in [0.3, 0.4) is 0 Å². The lowest BCUT2D eigenvalue weighted by molar-refractivity contribution is 0.272. The van der Waals surface area contributed by atoms with Crippen LogP contribution < -0.4 is 10.1 Å². The summed E-state index contributed by atoms with van der Waals surface area (Å²) in [6, 6.07) is 6.48. The van der Waals surface area contributed by atoms with Gasteiger partial charge in [-0.15, -0.1) is 0 Å². The van der Waals surface area contributed by atoms with E-state index in [-0.39, 0.29) is 0 Å². The van der Waals surface area contributed by atoms with Crippen LogP contribution in [0.5, 0.6) is 5.75 Å². The molecule has 0 atom stereocenters. The Morgan fingerprint density at radius 2 is 1.92 bits per heavy atom. The molecule has 140 valence electrons. The molecule has 0 bridgehead atoms. The second-order valence-electron chi connectivity index (χ2n) is 6.50. The molecule has 0 spiro atoms. The predicted molar refractivity (Wildman–Crippen MR) is 101 cm³/mol. The molecule has 1 aromatic rings. The van der Waals surface area contributed by atoms with Crippen molar-refractivity contribution in [2.24, 2.45) is 10.9 Å². The highest BCUT2D eigenvalue weighted by Crippen LogP contribution is 2.17. The van der Waals surface area contributed by atoms with E-state index in [0.29, 0.717) is 23.8 Å². The van der Waals surface area contributed by atoms with Crippen molar-refractivity contribution in [1.29, 1.82) is 0 Å². The zero-order chi connectivity index (χ0) is 18.3. The third kappa shape index (κ3) is 6.23. The van der Waals surface area contributed by atoms with Gasteiger partial charge in [-0.25, -0.2) is 13.4 Å². The highest BCUT2D eigenvalue weighted by molar-refractivity contribution is 7.90. The summed E-state index contributed by atoms with van der Waals surface area (Å²) in [6.45, 7) is 8.31. The number of aliphatic imine (C=N–C) groups is 1. The summed E-state index contributed by atoms with van der Waals surface area (Å²) in [5, 5.41) is 3.34. The number of likely N-dealkylation sites (tertiary alicyclic amines) is 1. The number of nitrogens with zero attached hydrogens (tertiary/aromatic N) is 2. The first kappa shape index (κ1) is 19.6. The number of hydrogen-bond donors (Lipinski definition) is 1. The third-order valence-electron chi connectivity index (χ3n) is 4.29. The molecule has 1 fully saturated rings. The lowest BCUT2D eigenvalue weighted by atomic mass is 10.00. The van der Waals surface area contributed by atoms with Crippen LogP contribution in [0.4, 0.5) is 0 Å². The Kier molecular flexibility index (Phi) is 7.11. The van der Waals surface area contributed by atoms with Crippen LogP contribution in [0, 0.1) is 5.92 Å². The van der Waals surface area contributed by atoms with Crippen molar-refractivity contribution in [1.82, 2.24) is 10.2 Å². The molecule has 1 aliphatic rings. The molecular formula is C18H29N3O3S. The van der Waals surface area contributed by atoms with Crippen molar-refractivity contribution < 1.29 is 13.2 Å². The number of nitrogens with one attached hydrogen (secondary N) is 1. The molecule has 7 heteroatoms. The van der Waals surface area contributed by atoms with Crippen molar-refractivity contribution in [2.75, 3.05) is 39.0 Å². The smallest absolute Gasteiger partial charge is 0.194 e. The predicted octanol–water partition coefficient (Wildman–Crippen LogP) is 2.17. The molecule has 0 aromatic heterocycles. The monoisotopic (exact) mass is 367 g/mol. The van der Waals surface area contributed by atoms with Gasteiger partial charge >= 0.3 is 0 Å². The minimum Gasteiger partial charge on any atom is -0.492 e. The van der Waals surface area contributed by atoms with E-state index in [0.717, 1.165) is 31.5 Å². The van der Waals surface area contributed by atoms with Gasteiger partial charge in [0, 0.05) is 25.9 Å². The second-order valence-corrected chi connectivity index (χ2v) is 8.51. The summed E-state index contributed by atoms with van der Waals surface area (Å²) in [7, 11) is -3.17. The largest absolute Gasteiger partial charge is 0.492 e. The summed E-state index contributed by atoms with van der Waals surface area (Å²) in [5.74, 6) is 2.39. The van der Waals surface area contributed by atoms with Gasteiger partial charge < -0.3 is 15.0 Å². The Morgan fingerprint density at radius 1 is 1.28 bits per heavy atom. The number of guanidine groups is 1. The topological polar surface area (TPSA) is 71.0 Å². The van der Waals surface area contributed by atoms with Gasteiger partial charge in [-0.05, 0) is 49.9 Å². The first-order chi connectivity index (χ1) is 11.9. The number of piperidine rings is 1. The fourth-order valence-electron chi connectivity index (χ4n) is 2.74. The molecule has 25 heavy (non-hydrogen) atoms. The number of benzene rings is 1. The van der Waals surface area contributed by atoms with E-state index in [9.17, 15) is 8.42 Å². The highest BCUT2D eigenvalue weighted by Gasteiger charge is 2.18. The van der Waals surface area contributed by atoms with Gasteiger partial charge in [0.15, 0.2) is 15.8 Å². The molecule has 1 heterocycles. The lowest BCUT2D eigenvalue weighted by Gasteiger charge is -2.33. The van der Waals surface area contributed by atoms with Crippen molar-refractivity contribution in [3.8, 4) is 5.75 Å². The SMILES string of the molecule is CCNC(=NCCOc1ccc(S(C)(=O)=O)cc1)N1CCC(C)CC1. The van der Waals surface area contributed by atoms with Gasteiger partial charge in [0.25, 0.3) is 0 Å². The van der Waals surface area contributed by atoms with Crippen molar-refractivity contribution in [3.05, 3.63) is 24.3 Å². The molecule has 1 aromatic carbocycles. The molecular weight excluding hydrogens is 338 g/mol. The van der Waals surface area contributed by atoms with Crippen LogP contribution in [-0.2, 0) is 9.84 Å². The molecule has 1 saturated heterocycles. The first-order valence-corrected chi connectivity index (χ1v) is 10.8. The molecule has 1 N–H and O–H groups in total. The first-order valence-electron chi connectivity index (χ1n) is 8.86. The van der Waals surface area contributed by atoms with Gasteiger partial charge in [-0.3, -0.25) is 0 Å². The summed E-state index contributed by atoms with van der Waals surface area (Å²) in [5.41, 5.74) is 0. The van der Waals surface area contributed by atoms with Gasteiger partial charge in [-0.2, -0.15) is 0 Å². The number of rotatable bonds is 6. The standard InChI is InChI=1S/C18H29N3O3S/c1-4-19-18(21-12-9-15(2)10-13-21)20-11-14-24-16-5-7-17(8-6-16)25(3,22)23/h5-8,15H,4,9-14H2,1-3H3,(H,19,20). The lowest BCUT2D eigenvalue weighted by Crippen LogP contribution is -2.45. The molecule has 0 unspecified atom stereocenters.